The molecule has 2 atom stereocenters. The molecule has 1 aromatic heterocycles. The summed E-state index contributed by atoms with van der Waals surface area (Å²) in [6.07, 6.45) is 4.58. The molecule has 33 heavy (non-hydrogen) atoms. The highest BCUT2D eigenvalue weighted by molar-refractivity contribution is 5.89. The van der Waals surface area contributed by atoms with Gasteiger partial charge >= 0.3 is 12.1 Å². The number of hydrogen-bond acceptors (Lipinski definition) is 7. The van der Waals surface area contributed by atoms with E-state index >= 15 is 0 Å². The summed E-state index contributed by atoms with van der Waals surface area (Å²) < 4.78 is 10.4. The normalized spacial score (nSPS) is 26.4. The summed E-state index contributed by atoms with van der Waals surface area (Å²) in [5, 5.41) is 0. The lowest BCUT2D eigenvalue weighted by Gasteiger charge is -2.49. The van der Waals surface area contributed by atoms with Gasteiger partial charge in [-0.05, 0) is 64.5 Å². The zero-order chi connectivity index (χ0) is 24.0. The Morgan fingerprint density at radius 1 is 1.15 bits per heavy atom. The maximum Gasteiger partial charge on any atom is 0.410 e. The van der Waals surface area contributed by atoms with Gasteiger partial charge in [0.25, 0.3) is 0 Å². The van der Waals surface area contributed by atoms with Crippen molar-refractivity contribution in [2.75, 3.05) is 44.7 Å². The highest BCUT2D eigenvalue weighted by Crippen LogP contribution is 2.52. The zero-order valence-corrected chi connectivity index (χ0v) is 20.9. The first-order chi connectivity index (χ1) is 15.5. The second-order valence-corrected chi connectivity index (χ2v) is 10.9. The number of carbonyl (C=O) groups excluding carboxylic acids is 2. The molecule has 0 radical (unpaired) electrons. The number of carbonyl (C=O) groups is 2. The van der Waals surface area contributed by atoms with Crippen LogP contribution >= 0.6 is 0 Å². The molecule has 3 fully saturated rings. The van der Waals surface area contributed by atoms with Gasteiger partial charge in [-0.3, -0.25) is 4.90 Å². The van der Waals surface area contributed by atoms with Gasteiger partial charge < -0.3 is 19.3 Å². The summed E-state index contributed by atoms with van der Waals surface area (Å²) in [7, 11) is 1.39. The smallest absolute Gasteiger partial charge is 0.410 e. The van der Waals surface area contributed by atoms with Crippen molar-refractivity contribution in [2.45, 2.75) is 71.1 Å². The number of piperidine rings is 1. The fourth-order valence-electron chi connectivity index (χ4n) is 5.59. The first kappa shape index (κ1) is 23.8. The monoisotopic (exact) mass is 458 g/mol. The number of rotatable bonds is 3. The third-order valence-electron chi connectivity index (χ3n) is 7.39. The van der Waals surface area contributed by atoms with Crippen LogP contribution in [0.5, 0.6) is 0 Å². The second kappa shape index (κ2) is 8.78. The summed E-state index contributed by atoms with van der Waals surface area (Å²) in [5.74, 6) is 1.24. The molecule has 8 nitrogen and oxygen atoms in total. The van der Waals surface area contributed by atoms with Gasteiger partial charge in [0, 0.05) is 50.5 Å². The van der Waals surface area contributed by atoms with E-state index in [0.717, 1.165) is 56.9 Å². The second-order valence-electron chi connectivity index (χ2n) is 10.9. The van der Waals surface area contributed by atoms with Crippen LogP contribution in [0, 0.1) is 12.8 Å². The number of hydrogen-bond donors (Lipinski definition) is 0. The molecule has 1 aromatic rings. The van der Waals surface area contributed by atoms with E-state index in [1.165, 1.54) is 13.5 Å². The Morgan fingerprint density at radius 3 is 2.36 bits per heavy atom. The predicted molar refractivity (Wildman–Crippen MR) is 127 cm³/mol. The molecule has 1 amide bonds. The number of amides is 1. The van der Waals surface area contributed by atoms with Crippen molar-refractivity contribution >= 4 is 17.9 Å². The average Bonchev–Trinajstić information content (AvgIpc) is 3.40. The van der Waals surface area contributed by atoms with E-state index in [4.69, 9.17) is 9.47 Å². The Balaban J connectivity index is 1.41. The van der Waals surface area contributed by atoms with E-state index in [1.807, 2.05) is 38.7 Å². The number of nitrogens with zero attached hydrogens (tertiary/aromatic N) is 4. The van der Waals surface area contributed by atoms with Crippen LogP contribution in [0.2, 0.25) is 0 Å². The van der Waals surface area contributed by atoms with E-state index in [-0.39, 0.29) is 17.6 Å². The molecule has 2 saturated heterocycles. The van der Waals surface area contributed by atoms with Crippen LogP contribution in [0.25, 0.3) is 0 Å². The molecule has 4 rings (SSSR count). The molecule has 0 bridgehead atoms. The first-order valence-corrected chi connectivity index (χ1v) is 12.1. The van der Waals surface area contributed by atoms with E-state index in [1.54, 1.807) is 6.20 Å². The first-order valence-electron chi connectivity index (χ1n) is 12.1. The molecule has 1 spiro atoms. The minimum absolute atomic E-state index is 0.173. The number of aromatic nitrogens is 1. The van der Waals surface area contributed by atoms with Crippen molar-refractivity contribution < 1.29 is 19.1 Å². The average molecular weight is 459 g/mol. The van der Waals surface area contributed by atoms with Crippen molar-refractivity contribution in [1.82, 2.24) is 14.8 Å². The number of likely N-dealkylation sites (tertiary alicyclic amines) is 1. The van der Waals surface area contributed by atoms with E-state index in [2.05, 4.69) is 21.7 Å². The minimum Gasteiger partial charge on any atom is -0.465 e. The summed E-state index contributed by atoms with van der Waals surface area (Å²) in [5.41, 5.74) is 1.20. The topological polar surface area (TPSA) is 75.2 Å². The fourth-order valence-corrected chi connectivity index (χ4v) is 5.59. The van der Waals surface area contributed by atoms with Gasteiger partial charge in [0.05, 0.1) is 12.7 Å². The summed E-state index contributed by atoms with van der Waals surface area (Å²) in [6, 6.07) is 2.36. The standard InChI is InChI=1S/C25H38N4O4/c1-17-13-19(22(30)32-6)15-26-21(17)28-11-12-29(25(16-28)14-18(25)2)20-7-9-27(10-8-20)23(31)33-24(3,4)5/h13,15,18,20H,7-12,14,16H2,1-6H3. The molecule has 3 aliphatic rings. The molecule has 1 saturated carbocycles. The van der Waals surface area contributed by atoms with Crippen molar-refractivity contribution in [2.24, 2.45) is 5.92 Å². The summed E-state index contributed by atoms with van der Waals surface area (Å²) in [6.45, 7) is 14.4. The largest absolute Gasteiger partial charge is 0.465 e. The zero-order valence-electron chi connectivity index (χ0n) is 20.9. The Hall–Kier alpha value is -2.35. The number of ether oxygens (including phenoxy) is 2. The van der Waals surface area contributed by atoms with Crippen LogP contribution in [0.15, 0.2) is 12.3 Å². The van der Waals surface area contributed by atoms with Crippen LogP contribution in [0.1, 0.15) is 62.9 Å². The van der Waals surface area contributed by atoms with Gasteiger partial charge in [0.15, 0.2) is 0 Å². The highest BCUT2D eigenvalue weighted by Gasteiger charge is 2.59. The van der Waals surface area contributed by atoms with E-state index in [0.29, 0.717) is 17.5 Å². The number of methoxy groups -OCH3 is 1. The van der Waals surface area contributed by atoms with Gasteiger partial charge in [-0.25, -0.2) is 14.6 Å². The van der Waals surface area contributed by atoms with Crippen LogP contribution < -0.4 is 4.90 Å². The third-order valence-corrected chi connectivity index (χ3v) is 7.39. The molecular weight excluding hydrogens is 420 g/mol. The number of pyridine rings is 1. The lowest BCUT2D eigenvalue weighted by Crippen LogP contribution is -2.61. The van der Waals surface area contributed by atoms with E-state index < -0.39 is 5.60 Å². The Bertz CT molecular complexity index is 906. The minimum atomic E-state index is -0.459. The molecule has 2 unspecified atom stereocenters. The Labute approximate surface area is 197 Å². The van der Waals surface area contributed by atoms with Gasteiger partial charge in [-0.15, -0.1) is 0 Å². The molecule has 182 valence electrons. The van der Waals surface area contributed by atoms with Crippen LogP contribution in [-0.4, -0.2) is 83.9 Å². The summed E-state index contributed by atoms with van der Waals surface area (Å²) in [4.78, 5) is 35.9. The van der Waals surface area contributed by atoms with Gasteiger partial charge in [0.2, 0.25) is 0 Å². The Morgan fingerprint density at radius 2 is 1.82 bits per heavy atom. The lowest BCUT2D eigenvalue weighted by molar-refractivity contribution is 0.00626. The quantitative estimate of drug-likeness (QED) is 0.642. The maximum atomic E-state index is 12.5. The molecular formula is C25H38N4O4. The van der Waals surface area contributed by atoms with Crippen molar-refractivity contribution in [3.8, 4) is 0 Å². The number of anilines is 1. The Kier molecular flexibility index (Phi) is 6.33. The predicted octanol–water partition coefficient (Wildman–Crippen LogP) is 3.48. The van der Waals surface area contributed by atoms with Crippen molar-refractivity contribution in [3.05, 3.63) is 23.4 Å². The third kappa shape index (κ3) is 4.81. The van der Waals surface area contributed by atoms with Gasteiger partial charge in [-0.1, -0.05) is 6.92 Å². The van der Waals surface area contributed by atoms with Crippen LogP contribution in [0.4, 0.5) is 10.6 Å². The highest BCUT2D eigenvalue weighted by atomic mass is 16.6. The SMILES string of the molecule is COC(=O)c1cnc(N2CCN(C3CCN(C(=O)OC(C)(C)C)CC3)C3(CC3C)C2)c(C)c1. The van der Waals surface area contributed by atoms with E-state index in [9.17, 15) is 9.59 Å². The number of aryl methyl sites for hydroxylation is 1. The summed E-state index contributed by atoms with van der Waals surface area (Å²) >= 11 is 0. The molecule has 3 heterocycles. The molecule has 2 aliphatic heterocycles. The number of esters is 1. The molecule has 1 aliphatic carbocycles. The molecule has 8 heteroatoms. The molecule has 0 aromatic carbocycles. The number of piperazine rings is 1. The van der Waals surface area contributed by atoms with Gasteiger partial charge in [-0.2, -0.15) is 0 Å². The van der Waals surface area contributed by atoms with Crippen molar-refractivity contribution in [1.29, 1.82) is 0 Å². The van der Waals surface area contributed by atoms with Crippen LogP contribution in [0.3, 0.4) is 0 Å². The van der Waals surface area contributed by atoms with Gasteiger partial charge in [0.1, 0.15) is 11.4 Å². The maximum absolute atomic E-state index is 12.5. The van der Waals surface area contributed by atoms with Crippen LogP contribution in [-0.2, 0) is 9.47 Å². The molecule has 0 N–H and O–H groups in total. The lowest BCUT2D eigenvalue weighted by atomic mass is 9.97. The fraction of sp³-hybridized carbons (Fsp3) is 0.720. The van der Waals surface area contributed by atoms with Crippen molar-refractivity contribution in [3.63, 3.8) is 0 Å².